The first-order valence-electron chi connectivity index (χ1n) is 6.61. The zero-order valence-corrected chi connectivity index (χ0v) is 11.9. The van der Waals surface area contributed by atoms with Crippen LogP contribution in [0.25, 0.3) is 0 Å². The molecule has 0 saturated carbocycles. The summed E-state index contributed by atoms with van der Waals surface area (Å²) >= 11 is 0. The fourth-order valence-corrected chi connectivity index (χ4v) is 1.65. The van der Waals surface area contributed by atoms with Crippen molar-refractivity contribution in [2.24, 2.45) is 0 Å². The topological polar surface area (TPSA) is 20.2 Å². The first kappa shape index (κ1) is 16.2. The summed E-state index contributed by atoms with van der Waals surface area (Å²) in [5.41, 5.74) is 4.27. The first-order valence-corrected chi connectivity index (χ1v) is 6.61. The zero-order valence-electron chi connectivity index (χ0n) is 11.9. The van der Waals surface area contributed by atoms with E-state index in [0.29, 0.717) is 0 Å². The normalized spacial score (nSPS) is 12.8. The van der Waals surface area contributed by atoms with Crippen LogP contribution in [0.1, 0.15) is 59.8 Å². The van der Waals surface area contributed by atoms with Gasteiger partial charge >= 0.3 is 0 Å². The van der Waals surface area contributed by atoms with Crippen LogP contribution in [0, 0.1) is 0 Å². The minimum Gasteiger partial charge on any atom is -0.396 e. The molecule has 1 heteroatoms. The molecule has 0 unspecified atom stereocenters. The second kappa shape index (κ2) is 10.3. The maximum atomic E-state index is 8.71. The first-order chi connectivity index (χ1) is 8.06. The molecule has 0 amide bonds. The van der Waals surface area contributed by atoms with Crippen LogP contribution in [0.4, 0.5) is 0 Å². The van der Waals surface area contributed by atoms with Crippen molar-refractivity contribution in [3.8, 4) is 0 Å². The molecule has 0 atom stereocenters. The molecule has 0 spiro atoms. The van der Waals surface area contributed by atoms with Gasteiger partial charge < -0.3 is 5.11 Å². The number of hydrogen-bond donors (Lipinski definition) is 1. The molecule has 98 valence electrons. The predicted molar refractivity (Wildman–Crippen MR) is 77.1 cm³/mol. The molecule has 0 radical (unpaired) electrons. The molecule has 0 bridgehead atoms. The largest absolute Gasteiger partial charge is 0.396 e. The lowest BCUT2D eigenvalue weighted by Gasteiger charge is -2.01. The number of aliphatic hydroxyl groups excluding tert-OH is 1. The Morgan fingerprint density at radius 3 is 1.71 bits per heavy atom. The van der Waals surface area contributed by atoms with Crippen molar-refractivity contribution in [1.82, 2.24) is 0 Å². The fourth-order valence-electron chi connectivity index (χ4n) is 1.65. The summed E-state index contributed by atoms with van der Waals surface area (Å²) in [6.07, 6.45) is 12.1. The number of hydrogen-bond acceptors (Lipinski definition) is 1. The monoisotopic (exact) mass is 236 g/mol. The highest BCUT2D eigenvalue weighted by atomic mass is 16.2. The zero-order chi connectivity index (χ0) is 13.1. The fraction of sp³-hybridized carbons (Fsp3) is 0.625. The Morgan fingerprint density at radius 2 is 1.24 bits per heavy atom. The highest BCUT2D eigenvalue weighted by Crippen LogP contribution is 2.11. The van der Waals surface area contributed by atoms with Gasteiger partial charge in [-0.1, -0.05) is 34.9 Å². The van der Waals surface area contributed by atoms with E-state index < -0.39 is 0 Å². The molecule has 0 saturated heterocycles. The second-order valence-corrected chi connectivity index (χ2v) is 4.97. The Bertz CT molecular complexity index is 278. The lowest BCUT2D eigenvalue weighted by atomic mass is 10.1. The SMILES string of the molecule is CC(C)=CCCC(C)=CCCC(C)=CCCO. The molecule has 0 aromatic rings. The molecule has 0 aromatic heterocycles. The van der Waals surface area contributed by atoms with E-state index in [0.717, 1.165) is 25.7 Å². The standard InChI is InChI=1S/C16H28O/c1-14(2)8-5-9-15(3)10-6-11-16(4)12-7-13-17/h8,10,12,17H,5-7,9,11,13H2,1-4H3. The van der Waals surface area contributed by atoms with Crippen LogP contribution < -0.4 is 0 Å². The van der Waals surface area contributed by atoms with Crippen LogP contribution in [0.2, 0.25) is 0 Å². The number of rotatable bonds is 8. The van der Waals surface area contributed by atoms with Crippen molar-refractivity contribution in [3.63, 3.8) is 0 Å². The number of aliphatic hydroxyl groups is 1. The average molecular weight is 236 g/mol. The van der Waals surface area contributed by atoms with Gasteiger partial charge in [-0.3, -0.25) is 0 Å². The van der Waals surface area contributed by atoms with Crippen LogP contribution in [0.3, 0.4) is 0 Å². The van der Waals surface area contributed by atoms with Crippen molar-refractivity contribution in [2.45, 2.75) is 59.8 Å². The maximum Gasteiger partial charge on any atom is 0.0465 e. The van der Waals surface area contributed by atoms with Crippen molar-refractivity contribution < 1.29 is 5.11 Å². The maximum absolute atomic E-state index is 8.71. The minimum atomic E-state index is 0.259. The second-order valence-electron chi connectivity index (χ2n) is 4.97. The van der Waals surface area contributed by atoms with Gasteiger partial charge in [0.1, 0.15) is 0 Å². The Morgan fingerprint density at radius 1 is 0.765 bits per heavy atom. The summed E-state index contributed by atoms with van der Waals surface area (Å²) in [5.74, 6) is 0. The molecule has 0 heterocycles. The van der Waals surface area contributed by atoms with Gasteiger partial charge in [0.15, 0.2) is 0 Å². The molecule has 17 heavy (non-hydrogen) atoms. The molecule has 0 fully saturated rings. The van der Waals surface area contributed by atoms with Crippen molar-refractivity contribution in [2.75, 3.05) is 6.61 Å². The van der Waals surface area contributed by atoms with Gasteiger partial charge in [0.2, 0.25) is 0 Å². The molecule has 0 aromatic carbocycles. The van der Waals surface area contributed by atoms with Crippen molar-refractivity contribution in [1.29, 1.82) is 0 Å². The molecular weight excluding hydrogens is 208 g/mol. The van der Waals surface area contributed by atoms with Gasteiger partial charge in [0.25, 0.3) is 0 Å². The van der Waals surface area contributed by atoms with E-state index in [1.165, 1.54) is 23.1 Å². The Balaban J connectivity index is 3.80. The molecule has 0 aliphatic rings. The Hall–Kier alpha value is -0.820. The van der Waals surface area contributed by atoms with Gasteiger partial charge in [0.05, 0.1) is 0 Å². The summed E-state index contributed by atoms with van der Waals surface area (Å²) in [7, 11) is 0. The third-order valence-corrected chi connectivity index (χ3v) is 2.74. The van der Waals surface area contributed by atoms with Crippen LogP contribution in [-0.2, 0) is 0 Å². The van der Waals surface area contributed by atoms with E-state index in [4.69, 9.17) is 5.11 Å². The van der Waals surface area contributed by atoms with Crippen LogP contribution in [0.5, 0.6) is 0 Å². The highest BCUT2D eigenvalue weighted by molar-refractivity contribution is 5.05. The predicted octanol–water partition coefficient (Wildman–Crippen LogP) is 4.79. The summed E-state index contributed by atoms with van der Waals surface area (Å²) in [6.45, 7) is 8.91. The van der Waals surface area contributed by atoms with E-state index in [-0.39, 0.29) is 6.61 Å². The van der Waals surface area contributed by atoms with Crippen LogP contribution in [0.15, 0.2) is 34.9 Å². The minimum absolute atomic E-state index is 0.259. The lowest BCUT2D eigenvalue weighted by molar-refractivity contribution is 0.302. The molecule has 1 N–H and O–H groups in total. The van der Waals surface area contributed by atoms with Crippen molar-refractivity contribution >= 4 is 0 Å². The molecular formula is C16H28O. The smallest absolute Gasteiger partial charge is 0.0465 e. The molecule has 1 nitrogen and oxygen atoms in total. The molecule has 0 aliphatic heterocycles. The Kier molecular flexibility index (Phi) is 9.84. The van der Waals surface area contributed by atoms with E-state index in [9.17, 15) is 0 Å². The summed E-state index contributed by atoms with van der Waals surface area (Å²) in [6, 6.07) is 0. The number of allylic oxidation sites excluding steroid dienone is 5. The molecule has 0 rings (SSSR count). The average Bonchev–Trinajstić information content (AvgIpc) is 2.25. The summed E-state index contributed by atoms with van der Waals surface area (Å²) in [5, 5.41) is 8.71. The highest BCUT2D eigenvalue weighted by Gasteiger charge is 1.91. The molecule has 0 aliphatic carbocycles. The third kappa shape index (κ3) is 11.4. The van der Waals surface area contributed by atoms with Crippen LogP contribution in [-0.4, -0.2) is 11.7 Å². The van der Waals surface area contributed by atoms with E-state index in [1.54, 1.807) is 0 Å². The third-order valence-electron chi connectivity index (χ3n) is 2.74. The van der Waals surface area contributed by atoms with E-state index >= 15 is 0 Å². The van der Waals surface area contributed by atoms with E-state index in [2.05, 4.69) is 45.9 Å². The lowest BCUT2D eigenvalue weighted by Crippen LogP contribution is -1.82. The van der Waals surface area contributed by atoms with Gasteiger partial charge in [-0.25, -0.2) is 0 Å². The van der Waals surface area contributed by atoms with Gasteiger partial charge in [-0.15, -0.1) is 0 Å². The van der Waals surface area contributed by atoms with Gasteiger partial charge in [0, 0.05) is 6.61 Å². The van der Waals surface area contributed by atoms with Gasteiger partial charge in [-0.05, 0) is 59.8 Å². The van der Waals surface area contributed by atoms with Crippen molar-refractivity contribution in [3.05, 3.63) is 34.9 Å². The summed E-state index contributed by atoms with van der Waals surface area (Å²) < 4.78 is 0. The Labute approximate surface area is 107 Å². The van der Waals surface area contributed by atoms with Gasteiger partial charge in [-0.2, -0.15) is 0 Å². The van der Waals surface area contributed by atoms with Crippen LogP contribution >= 0.6 is 0 Å². The summed E-state index contributed by atoms with van der Waals surface area (Å²) in [4.78, 5) is 0. The van der Waals surface area contributed by atoms with E-state index in [1.807, 2.05) is 0 Å². The quantitative estimate of drug-likeness (QED) is 0.601.